The monoisotopic (exact) mass is 267 g/mol. The van der Waals surface area contributed by atoms with E-state index in [2.05, 4.69) is 5.32 Å². The second-order valence-electron chi connectivity index (χ2n) is 3.67. The summed E-state index contributed by atoms with van der Waals surface area (Å²) >= 11 is 0. The average Bonchev–Trinajstić information content (AvgIpc) is 2.29. The molecule has 0 unspecified atom stereocenters. The number of hydrogen-bond acceptors (Lipinski definition) is 2. The molecule has 0 aliphatic carbocycles. The minimum absolute atomic E-state index is 0. The first-order chi connectivity index (χ1) is 7.59. The van der Waals surface area contributed by atoms with E-state index in [0.717, 1.165) is 6.07 Å². The first kappa shape index (κ1) is 14.3. The predicted octanol–water partition coefficient (Wildman–Crippen LogP) is 2.79. The van der Waals surface area contributed by atoms with Crippen LogP contribution >= 0.6 is 12.4 Å². The Morgan fingerprint density at radius 1 is 1.24 bits per heavy atom. The van der Waals surface area contributed by atoms with Gasteiger partial charge in [-0.15, -0.1) is 12.4 Å². The highest BCUT2D eigenvalue weighted by Crippen LogP contribution is 2.34. The van der Waals surface area contributed by atoms with Crippen molar-refractivity contribution < 1.29 is 17.9 Å². The summed E-state index contributed by atoms with van der Waals surface area (Å²) in [7, 11) is 0. The van der Waals surface area contributed by atoms with E-state index >= 15 is 0 Å². The minimum Gasteiger partial charge on any atom is -0.378 e. The summed E-state index contributed by atoms with van der Waals surface area (Å²) in [6.45, 7) is 1.41. The number of morpholine rings is 1. The largest absolute Gasteiger partial charge is 0.416 e. The van der Waals surface area contributed by atoms with Crippen molar-refractivity contribution in [2.45, 2.75) is 12.2 Å². The lowest BCUT2D eigenvalue weighted by molar-refractivity contribution is -0.138. The van der Waals surface area contributed by atoms with Gasteiger partial charge in [-0.25, -0.2) is 0 Å². The van der Waals surface area contributed by atoms with E-state index in [1.165, 1.54) is 12.1 Å². The summed E-state index contributed by atoms with van der Waals surface area (Å²) in [5.41, 5.74) is -0.326. The van der Waals surface area contributed by atoms with Crippen molar-refractivity contribution >= 4 is 12.4 Å². The third-order valence-corrected chi connectivity index (χ3v) is 2.56. The van der Waals surface area contributed by atoms with E-state index in [1.807, 2.05) is 0 Å². The first-order valence-electron chi connectivity index (χ1n) is 5.06. The van der Waals surface area contributed by atoms with Gasteiger partial charge >= 0.3 is 6.18 Å². The van der Waals surface area contributed by atoms with E-state index in [0.29, 0.717) is 13.2 Å². The van der Waals surface area contributed by atoms with Crippen molar-refractivity contribution in [3.05, 3.63) is 35.4 Å². The molecule has 1 N–H and O–H groups in total. The Labute approximate surface area is 104 Å². The highest BCUT2D eigenvalue weighted by Gasteiger charge is 2.35. The van der Waals surface area contributed by atoms with Gasteiger partial charge in [0.05, 0.1) is 24.8 Å². The Balaban J connectivity index is 0.00000144. The molecule has 2 nitrogen and oxygen atoms in total. The predicted molar refractivity (Wildman–Crippen MR) is 60.3 cm³/mol. The summed E-state index contributed by atoms with van der Waals surface area (Å²) in [6, 6.07) is 5.24. The zero-order chi connectivity index (χ0) is 11.6. The maximum Gasteiger partial charge on any atom is 0.416 e. The SMILES string of the molecule is Cl.FC(F)(F)c1ccccc1[C@H]1COCCN1. The van der Waals surface area contributed by atoms with Crippen molar-refractivity contribution in [1.29, 1.82) is 0 Å². The molecule has 0 spiro atoms. The summed E-state index contributed by atoms with van der Waals surface area (Å²) < 4.78 is 43.4. The maximum absolute atomic E-state index is 12.7. The minimum atomic E-state index is -4.31. The van der Waals surface area contributed by atoms with Gasteiger partial charge in [0.1, 0.15) is 0 Å². The average molecular weight is 268 g/mol. The van der Waals surface area contributed by atoms with E-state index in [9.17, 15) is 13.2 Å². The number of rotatable bonds is 1. The number of ether oxygens (including phenoxy) is 1. The molecule has 0 aromatic heterocycles. The molecule has 17 heavy (non-hydrogen) atoms. The molecule has 0 radical (unpaired) electrons. The highest BCUT2D eigenvalue weighted by molar-refractivity contribution is 5.85. The molecule has 2 rings (SSSR count). The maximum atomic E-state index is 12.7. The Bertz CT molecular complexity index is 364. The van der Waals surface area contributed by atoms with Crippen LogP contribution in [0.25, 0.3) is 0 Å². The van der Waals surface area contributed by atoms with Crippen LogP contribution in [0.15, 0.2) is 24.3 Å². The van der Waals surface area contributed by atoms with E-state index in [1.54, 1.807) is 6.07 Å². The number of hydrogen-bond donors (Lipinski definition) is 1. The third-order valence-electron chi connectivity index (χ3n) is 2.56. The molecule has 1 saturated heterocycles. The molecule has 1 aromatic rings. The van der Waals surface area contributed by atoms with Crippen LogP contribution in [0.5, 0.6) is 0 Å². The molecule has 1 atom stereocenters. The molecule has 0 amide bonds. The van der Waals surface area contributed by atoms with Crippen molar-refractivity contribution in [3.8, 4) is 0 Å². The fourth-order valence-corrected chi connectivity index (χ4v) is 1.82. The van der Waals surface area contributed by atoms with Crippen molar-refractivity contribution in [2.24, 2.45) is 0 Å². The van der Waals surface area contributed by atoms with Crippen LogP contribution < -0.4 is 5.32 Å². The Kier molecular flexibility index (Phi) is 4.80. The van der Waals surface area contributed by atoms with Gasteiger partial charge in [-0.05, 0) is 11.6 Å². The highest BCUT2D eigenvalue weighted by atomic mass is 35.5. The molecule has 1 aliphatic rings. The van der Waals surface area contributed by atoms with Crippen LogP contribution in [0.3, 0.4) is 0 Å². The van der Waals surface area contributed by atoms with Crippen LogP contribution in [0.2, 0.25) is 0 Å². The smallest absolute Gasteiger partial charge is 0.378 e. The van der Waals surface area contributed by atoms with E-state index < -0.39 is 11.7 Å². The summed E-state index contributed by atoms with van der Waals surface area (Å²) in [5, 5.41) is 3.02. The van der Waals surface area contributed by atoms with Gasteiger partial charge in [-0.3, -0.25) is 0 Å². The molecule has 1 aromatic carbocycles. The molecule has 1 heterocycles. The van der Waals surface area contributed by atoms with Crippen LogP contribution in [0.1, 0.15) is 17.2 Å². The van der Waals surface area contributed by atoms with Crippen molar-refractivity contribution in [2.75, 3.05) is 19.8 Å². The third kappa shape index (κ3) is 3.34. The lowest BCUT2D eigenvalue weighted by atomic mass is 10.00. The molecular formula is C11H13ClF3NO. The van der Waals surface area contributed by atoms with Crippen LogP contribution in [0.4, 0.5) is 13.2 Å². The Hall–Kier alpha value is -0.780. The molecule has 1 aliphatic heterocycles. The molecule has 0 saturated carbocycles. The topological polar surface area (TPSA) is 21.3 Å². The van der Waals surface area contributed by atoms with Gasteiger partial charge in [0, 0.05) is 6.54 Å². The van der Waals surface area contributed by atoms with Crippen LogP contribution in [-0.4, -0.2) is 19.8 Å². The lowest BCUT2D eigenvalue weighted by Crippen LogP contribution is -2.35. The number of benzene rings is 1. The van der Waals surface area contributed by atoms with E-state index in [4.69, 9.17) is 4.74 Å². The van der Waals surface area contributed by atoms with E-state index in [-0.39, 0.29) is 30.6 Å². The molecular weight excluding hydrogens is 255 g/mol. The Morgan fingerprint density at radius 2 is 1.94 bits per heavy atom. The second-order valence-corrected chi connectivity index (χ2v) is 3.67. The fraction of sp³-hybridized carbons (Fsp3) is 0.455. The standard InChI is InChI=1S/C11H12F3NO.ClH/c12-11(13,14)9-4-2-1-3-8(9)10-7-16-6-5-15-10;/h1-4,10,15H,5-7H2;1H/t10-;/m1./s1. The molecule has 96 valence electrons. The van der Waals surface area contributed by atoms with Crippen molar-refractivity contribution in [3.63, 3.8) is 0 Å². The van der Waals surface area contributed by atoms with Crippen molar-refractivity contribution in [1.82, 2.24) is 5.32 Å². The quantitative estimate of drug-likeness (QED) is 0.845. The fourth-order valence-electron chi connectivity index (χ4n) is 1.82. The Morgan fingerprint density at radius 3 is 2.53 bits per heavy atom. The zero-order valence-corrected chi connectivity index (χ0v) is 9.77. The number of halogens is 4. The zero-order valence-electron chi connectivity index (χ0n) is 8.96. The first-order valence-corrected chi connectivity index (χ1v) is 5.06. The van der Waals surface area contributed by atoms with Gasteiger partial charge in [-0.2, -0.15) is 13.2 Å². The van der Waals surface area contributed by atoms with Gasteiger partial charge < -0.3 is 10.1 Å². The van der Waals surface area contributed by atoms with Gasteiger partial charge in [0.25, 0.3) is 0 Å². The van der Waals surface area contributed by atoms with Gasteiger partial charge in [0.2, 0.25) is 0 Å². The second kappa shape index (κ2) is 5.71. The lowest BCUT2D eigenvalue weighted by Gasteiger charge is -2.26. The van der Waals surface area contributed by atoms with Crippen LogP contribution in [0, 0.1) is 0 Å². The van der Waals surface area contributed by atoms with Crippen LogP contribution in [-0.2, 0) is 10.9 Å². The van der Waals surface area contributed by atoms with Gasteiger partial charge in [-0.1, -0.05) is 18.2 Å². The number of alkyl halides is 3. The number of nitrogens with one attached hydrogen (secondary N) is 1. The normalized spacial score (nSPS) is 20.8. The molecule has 1 fully saturated rings. The van der Waals surface area contributed by atoms with Gasteiger partial charge in [0.15, 0.2) is 0 Å². The summed E-state index contributed by atoms with van der Waals surface area (Å²) in [4.78, 5) is 0. The summed E-state index contributed by atoms with van der Waals surface area (Å²) in [6.07, 6.45) is -4.31. The molecule has 6 heteroatoms. The molecule has 0 bridgehead atoms. The summed E-state index contributed by atoms with van der Waals surface area (Å²) in [5.74, 6) is 0.